The Balaban J connectivity index is 1.30. The van der Waals surface area contributed by atoms with Crippen LogP contribution in [-0.4, -0.2) is 51.2 Å². The van der Waals surface area contributed by atoms with E-state index in [1.165, 1.54) is 11.6 Å². The largest absolute Gasteiger partial charge is 0.508 e. The Morgan fingerprint density at radius 2 is 1.65 bits per heavy atom. The molecule has 0 amide bonds. The van der Waals surface area contributed by atoms with Crippen LogP contribution in [0.15, 0.2) is 42.0 Å². The zero-order chi connectivity index (χ0) is 33.4. The van der Waals surface area contributed by atoms with Gasteiger partial charge in [-0.1, -0.05) is 65.3 Å². The van der Waals surface area contributed by atoms with Gasteiger partial charge in [0.25, 0.3) is 0 Å². The van der Waals surface area contributed by atoms with E-state index in [4.69, 9.17) is 4.74 Å². The normalized spacial score (nSPS) is 46.7. The molecule has 1 aromatic carbocycles. The number of aliphatic hydroxyl groups is 2. The Bertz CT molecular complexity index is 1430. The fraction of sp³-hybridized carbons (Fsp3) is 0.692. The lowest BCUT2D eigenvalue weighted by molar-refractivity contribution is -0.245. The summed E-state index contributed by atoms with van der Waals surface area (Å²) in [5.41, 5.74) is 0.0419. The third-order valence-electron chi connectivity index (χ3n) is 15.0. The Kier molecular flexibility index (Phi) is 8.12. The third-order valence-corrected chi connectivity index (χ3v) is 15.0. The topological polar surface area (TPSA) is 124 Å². The molecule has 0 bridgehead atoms. The molecule has 6 rings (SSSR count). The fourth-order valence-corrected chi connectivity index (χ4v) is 12.0. The Morgan fingerprint density at radius 1 is 0.957 bits per heavy atom. The molecule has 1 aromatic rings. The summed E-state index contributed by atoms with van der Waals surface area (Å²) in [7, 11) is 0. The Labute approximate surface area is 274 Å². The lowest BCUT2D eigenvalue weighted by Crippen LogP contribution is -2.68. The smallest absolute Gasteiger partial charge is 0.330 e. The third kappa shape index (κ3) is 4.65. The molecule has 12 atom stereocenters. The number of hydrogen-bond acceptors (Lipinski definition) is 6. The maximum Gasteiger partial charge on any atom is 0.330 e. The minimum absolute atomic E-state index is 0.00460. The summed E-state index contributed by atoms with van der Waals surface area (Å²) < 4.78 is 5.81. The molecule has 0 aromatic heterocycles. The molecule has 4 N–H and O–H groups in total. The number of esters is 1. The van der Waals surface area contributed by atoms with Gasteiger partial charge in [0.05, 0.1) is 24.2 Å². The van der Waals surface area contributed by atoms with Crippen LogP contribution in [0.25, 0.3) is 6.08 Å². The molecule has 0 radical (unpaired) electrons. The molecule has 5 aliphatic rings. The fourth-order valence-electron chi connectivity index (χ4n) is 12.0. The van der Waals surface area contributed by atoms with Gasteiger partial charge in [-0.15, -0.1) is 0 Å². The van der Waals surface area contributed by atoms with E-state index in [9.17, 15) is 30.0 Å². The molecule has 46 heavy (non-hydrogen) atoms. The van der Waals surface area contributed by atoms with Crippen molar-refractivity contribution in [2.75, 3.05) is 6.61 Å². The lowest BCUT2D eigenvalue weighted by Gasteiger charge is -2.71. The number of aliphatic hydroxyl groups excluding tert-OH is 2. The van der Waals surface area contributed by atoms with E-state index < -0.39 is 35.0 Å². The quantitative estimate of drug-likeness (QED) is 0.156. The summed E-state index contributed by atoms with van der Waals surface area (Å²) in [5, 5.41) is 43.1. The maximum absolute atomic E-state index is 13.0. The van der Waals surface area contributed by atoms with Crippen molar-refractivity contribution < 1.29 is 34.8 Å². The monoisotopic (exact) mass is 634 g/mol. The number of aromatic hydroxyl groups is 1. The summed E-state index contributed by atoms with van der Waals surface area (Å²) in [5.74, 6) is 0.0827. The molecular weight excluding hydrogens is 580 g/mol. The summed E-state index contributed by atoms with van der Waals surface area (Å²) in [6, 6.07) is 6.53. The van der Waals surface area contributed by atoms with E-state index in [-0.39, 0.29) is 46.4 Å². The molecule has 4 fully saturated rings. The van der Waals surface area contributed by atoms with E-state index in [1.54, 1.807) is 30.3 Å². The van der Waals surface area contributed by atoms with Crippen LogP contribution in [0.2, 0.25) is 0 Å². The summed E-state index contributed by atoms with van der Waals surface area (Å²) >= 11 is 0. The second-order valence-electron chi connectivity index (χ2n) is 16.9. The van der Waals surface area contributed by atoms with E-state index >= 15 is 0 Å². The van der Waals surface area contributed by atoms with Crippen LogP contribution in [0, 0.1) is 56.7 Å². The number of rotatable bonds is 5. The van der Waals surface area contributed by atoms with Gasteiger partial charge in [-0.2, -0.15) is 0 Å². The second-order valence-corrected chi connectivity index (χ2v) is 16.9. The average Bonchev–Trinajstić information content (AvgIpc) is 3.00. The molecule has 252 valence electrons. The molecule has 0 heterocycles. The summed E-state index contributed by atoms with van der Waals surface area (Å²) in [6.07, 6.45) is 9.80. The maximum atomic E-state index is 13.0. The number of allylic oxidation sites excluding steroid dienone is 2. The molecule has 0 aliphatic heterocycles. The first-order chi connectivity index (χ1) is 21.5. The van der Waals surface area contributed by atoms with Crippen LogP contribution in [0.3, 0.4) is 0 Å². The zero-order valence-electron chi connectivity index (χ0n) is 28.5. The van der Waals surface area contributed by atoms with Crippen LogP contribution < -0.4 is 0 Å². The van der Waals surface area contributed by atoms with Crippen molar-refractivity contribution in [1.29, 1.82) is 0 Å². The number of carboxylic acid groups (broad SMARTS) is 1. The highest BCUT2D eigenvalue weighted by Gasteiger charge is 2.71. The van der Waals surface area contributed by atoms with Crippen LogP contribution in [-0.2, 0) is 14.3 Å². The van der Waals surface area contributed by atoms with Gasteiger partial charge in [0.2, 0.25) is 0 Å². The average molecular weight is 635 g/mol. The lowest BCUT2D eigenvalue weighted by atomic mass is 9.33. The van der Waals surface area contributed by atoms with E-state index in [1.807, 2.05) is 6.92 Å². The number of benzene rings is 1. The number of phenols is 1. The molecule has 0 saturated heterocycles. The van der Waals surface area contributed by atoms with Gasteiger partial charge in [-0.05, 0) is 121 Å². The second kappa shape index (κ2) is 11.2. The summed E-state index contributed by atoms with van der Waals surface area (Å²) in [4.78, 5) is 25.9. The number of phenolic OH excluding ortho intramolecular Hbond substituents is 1. The van der Waals surface area contributed by atoms with Crippen molar-refractivity contribution in [3.63, 3.8) is 0 Å². The number of fused-ring (bicyclic) bond motifs is 7. The van der Waals surface area contributed by atoms with Crippen LogP contribution in [0.5, 0.6) is 5.75 Å². The molecule has 0 spiro atoms. The highest BCUT2D eigenvalue weighted by Crippen LogP contribution is 2.75. The van der Waals surface area contributed by atoms with E-state index in [0.29, 0.717) is 24.7 Å². The first-order valence-electron chi connectivity index (χ1n) is 17.5. The number of carboxylic acids is 1. The van der Waals surface area contributed by atoms with E-state index in [2.05, 4.69) is 40.7 Å². The van der Waals surface area contributed by atoms with Crippen molar-refractivity contribution >= 4 is 18.0 Å². The van der Waals surface area contributed by atoms with Gasteiger partial charge in [-0.25, -0.2) is 4.79 Å². The van der Waals surface area contributed by atoms with Crippen LogP contribution in [0.1, 0.15) is 98.5 Å². The van der Waals surface area contributed by atoms with Crippen molar-refractivity contribution in [2.45, 2.75) is 105 Å². The predicted molar refractivity (Wildman–Crippen MR) is 176 cm³/mol. The molecule has 7 nitrogen and oxygen atoms in total. The minimum atomic E-state index is -1.02. The van der Waals surface area contributed by atoms with Crippen LogP contribution >= 0.6 is 0 Å². The number of hydrogen-bond donors (Lipinski definition) is 4. The number of aliphatic carboxylic acids is 1. The first-order valence-corrected chi connectivity index (χ1v) is 17.5. The van der Waals surface area contributed by atoms with Crippen molar-refractivity contribution in [3.05, 3.63) is 47.6 Å². The highest BCUT2D eigenvalue weighted by atomic mass is 16.5. The van der Waals surface area contributed by atoms with Crippen molar-refractivity contribution in [3.8, 4) is 5.75 Å². The van der Waals surface area contributed by atoms with Gasteiger partial charge < -0.3 is 25.2 Å². The van der Waals surface area contributed by atoms with Gasteiger partial charge in [0.1, 0.15) is 5.75 Å². The first kappa shape index (κ1) is 33.3. The molecular formula is C39H54O7. The molecule has 0 unspecified atom stereocenters. The molecule has 7 heteroatoms. The predicted octanol–water partition coefficient (Wildman–Crippen LogP) is 7.00. The highest BCUT2D eigenvalue weighted by molar-refractivity contribution is 5.87. The van der Waals surface area contributed by atoms with Gasteiger partial charge in [0, 0.05) is 11.5 Å². The SMILES string of the molecule is C[C@H]1[C@H](C)CC[C@]2(C(=O)O)CC[C@]3(C)C(=CC[C@@H]4[C@@]5(C)C[C@@H](O)[C@H](O)[C@](C)(COC(=O)C=Cc6ccc(O)cc6)[C@@H]5CC[C@]43C)[C@H]12. The minimum Gasteiger partial charge on any atom is -0.508 e. The molecule has 5 aliphatic carbocycles. The Hall–Kier alpha value is -2.64. The van der Waals surface area contributed by atoms with Crippen molar-refractivity contribution in [1.82, 2.24) is 0 Å². The molecule has 4 saturated carbocycles. The van der Waals surface area contributed by atoms with Gasteiger partial charge in [0.15, 0.2) is 0 Å². The van der Waals surface area contributed by atoms with E-state index in [0.717, 1.165) is 44.1 Å². The number of ether oxygens (including phenoxy) is 1. The number of carbonyl (C=O) groups excluding carboxylic acids is 1. The summed E-state index contributed by atoms with van der Waals surface area (Å²) in [6.45, 7) is 13.7. The number of carbonyl (C=O) groups is 2. The zero-order valence-corrected chi connectivity index (χ0v) is 28.5. The standard InChI is InChI=1S/C39H54O7/c1-23-15-18-39(34(44)45)20-19-37(5)27(32(39)24(23)2)12-13-30-35(3)21-28(41)33(43)36(4,29(35)16-17-38(30,37)6)22-46-31(42)14-9-25-7-10-26(40)11-8-25/h7-12,14,23-24,28-30,32-33,40-41,43H,13,15-22H2,1-6H3,(H,44,45)/t23-,24+,28-,29-,30-,32+,33+,35+,36-,37-,38-,39+/m1/s1. The van der Waals surface area contributed by atoms with Gasteiger partial charge >= 0.3 is 11.9 Å². The Morgan fingerprint density at radius 3 is 2.33 bits per heavy atom. The van der Waals surface area contributed by atoms with Crippen LogP contribution in [0.4, 0.5) is 0 Å². The van der Waals surface area contributed by atoms with Gasteiger partial charge in [-0.3, -0.25) is 4.79 Å². The van der Waals surface area contributed by atoms with Crippen molar-refractivity contribution in [2.24, 2.45) is 56.7 Å².